The molecule has 0 spiro atoms. The molecule has 0 radical (unpaired) electrons. The molecule has 1 aromatic heterocycles. The maximum atomic E-state index is 12.7. The number of amides is 4. The Morgan fingerprint density at radius 3 is 2.17 bits per heavy atom. The number of carboxylic acid groups (broad SMARTS) is 1. The molecule has 0 aliphatic carbocycles. The van der Waals surface area contributed by atoms with Crippen LogP contribution in [0.3, 0.4) is 0 Å². The summed E-state index contributed by atoms with van der Waals surface area (Å²) in [5.74, 6) is -5.01. The van der Waals surface area contributed by atoms with Crippen molar-refractivity contribution in [1.82, 2.24) is 25.9 Å². The average Bonchev–Trinajstić information content (AvgIpc) is 3.31. The van der Waals surface area contributed by atoms with Gasteiger partial charge in [-0.3, -0.25) is 24.2 Å². The Balaban J connectivity index is 2.79. The number of nitrogens with zero attached hydrogens (tertiary/aromatic N) is 2. The molecule has 0 fully saturated rings. The maximum Gasteiger partial charge on any atom is 0.326 e. The zero-order chi connectivity index (χ0) is 27.3. The number of imidazole rings is 1. The monoisotopic (exact) mass is 528 g/mol. The summed E-state index contributed by atoms with van der Waals surface area (Å²) in [7, 11) is 0. The molecule has 200 valence electrons. The van der Waals surface area contributed by atoms with Crippen molar-refractivity contribution in [2.45, 2.75) is 49.9 Å². The lowest BCUT2D eigenvalue weighted by Gasteiger charge is -2.24. The molecule has 4 atom stereocenters. The minimum absolute atomic E-state index is 0.0923. The summed E-state index contributed by atoms with van der Waals surface area (Å²) in [5, 5.41) is 16.4. The van der Waals surface area contributed by atoms with Crippen LogP contribution in [0.2, 0.25) is 0 Å². The summed E-state index contributed by atoms with van der Waals surface area (Å²) in [6, 6.07) is -5.08. The highest BCUT2D eigenvalue weighted by molar-refractivity contribution is 7.80. The van der Waals surface area contributed by atoms with E-state index < -0.39 is 60.2 Å². The Bertz CT molecular complexity index is 937. The van der Waals surface area contributed by atoms with Crippen LogP contribution in [-0.4, -0.2) is 87.1 Å². The van der Waals surface area contributed by atoms with E-state index in [1.165, 1.54) is 12.5 Å². The maximum absolute atomic E-state index is 12.7. The molecule has 0 saturated heterocycles. The van der Waals surface area contributed by atoms with Gasteiger partial charge in [-0.1, -0.05) is 0 Å². The normalized spacial score (nSPS) is 13.9. The van der Waals surface area contributed by atoms with E-state index in [1.54, 1.807) is 0 Å². The first-order valence-corrected chi connectivity index (χ1v) is 11.4. The highest BCUT2D eigenvalue weighted by Gasteiger charge is 2.31. The van der Waals surface area contributed by atoms with Crippen LogP contribution in [0.25, 0.3) is 0 Å². The van der Waals surface area contributed by atoms with Crippen molar-refractivity contribution in [2.75, 3.05) is 12.3 Å². The number of hydrogen-bond donors (Lipinski definition) is 10. The number of nitrogens with one attached hydrogen (secondary N) is 4. The lowest BCUT2D eigenvalue weighted by atomic mass is 10.1. The number of hydrogen-bond acceptors (Lipinski definition) is 9. The fourth-order valence-electron chi connectivity index (χ4n) is 2.89. The number of carbonyl (C=O) groups excluding carboxylic acids is 4. The summed E-state index contributed by atoms with van der Waals surface area (Å²) < 4.78 is 0. The molecule has 4 unspecified atom stereocenters. The quantitative estimate of drug-likeness (QED) is 0.0426. The molecule has 13 N–H and O–H groups in total. The van der Waals surface area contributed by atoms with Crippen molar-refractivity contribution in [3.63, 3.8) is 0 Å². The molecule has 1 rings (SSSR count). The van der Waals surface area contributed by atoms with Crippen LogP contribution < -0.4 is 38.9 Å². The number of primary amides is 1. The van der Waals surface area contributed by atoms with Crippen LogP contribution in [0, 0.1) is 0 Å². The van der Waals surface area contributed by atoms with Crippen molar-refractivity contribution in [3.05, 3.63) is 18.2 Å². The molecule has 4 amide bonds. The van der Waals surface area contributed by atoms with Gasteiger partial charge in [0.15, 0.2) is 5.96 Å². The molecule has 0 aromatic carbocycles. The van der Waals surface area contributed by atoms with Crippen LogP contribution >= 0.6 is 12.6 Å². The van der Waals surface area contributed by atoms with E-state index in [2.05, 4.69) is 43.5 Å². The highest BCUT2D eigenvalue weighted by atomic mass is 32.1. The Hall–Kier alpha value is -3.86. The molecule has 0 aliphatic heterocycles. The van der Waals surface area contributed by atoms with Gasteiger partial charge < -0.3 is 49.0 Å². The second-order valence-corrected chi connectivity index (χ2v) is 8.08. The lowest BCUT2D eigenvalue weighted by molar-refractivity contribution is -0.142. The molecule has 17 heteroatoms. The number of aromatic amines is 1. The highest BCUT2D eigenvalue weighted by Crippen LogP contribution is 2.03. The molecular formula is C19H32N10O6S. The number of thiol groups is 1. The Morgan fingerprint density at radius 1 is 1.03 bits per heavy atom. The zero-order valence-electron chi connectivity index (χ0n) is 19.3. The van der Waals surface area contributed by atoms with Crippen molar-refractivity contribution in [1.29, 1.82) is 0 Å². The zero-order valence-corrected chi connectivity index (χ0v) is 20.2. The number of nitrogens with two attached hydrogens (primary N) is 4. The van der Waals surface area contributed by atoms with Crippen molar-refractivity contribution in [2.24, 2.45) is 27.9 Å². The number of H-pyrrole nitrogens is 1. The SMILES string of the molecule is NC(=O)CC(NC(=O)C(CS)NC(=O)C(N)CCCN=C(N)N)C(=O)NC(Cc1cnc[nH]1)C(=O)O. The third kappa shape index (κ3) is 11.0. The smallest absolute Gasteiger partial charge is 0.326 e. The number of aromatic nitrogens is 2. The Morgan fingerprint density at radius 2 is 1.64 bits per heavy atom. The Kier molecular flexibility index (Phi) is 12.7. The topological polar surface area (TPSA) is 287 Å². The predicted molar refractivity (Wildman–Crippen MR) is 131 cm³/mol. The molecule has 0 aliphatic rings. The average molecular weight is 529 g/mol. The second kappa shape index (κ2) is 15.2. The number of aliphatic carboxylic acids is 1. The van der Waals surface area contributed by atoms with Gasteiger partial charge in [0, 0.05) is 30.6 Å². The number of guanidine groups is 1. The van der Waals surface area contributed by atoms with Crippen LogP contribution in [0.5, 0.6) is 0 Å². The lowest BCUT2D eigenvalue weighted by Crippen LogP contribution is -2.58. The van der Waals surface area contributed by atoms with Crippen LogP contribution in [-0.2, 0) is 30.4 Å². The van der Waals surface area contributed by atoms with E-state index in [1.807, 2.05) is 0 Å². The number of aliphatic imine (C=N–C) groups is 1. The van der Waals surface area contributed by atoms with E-state index in [-0.39, 0.29) is 31.1 Å². The number of carboxylic acids is 1. The van der Waals surface area contributed by atoms with E-state index in [9.17, 15) is 29.1 Å². The molecule has 0 bridgehead atoms. The summed E-state index contributed by atoms with van der Waals surface area (Å²) in [5.41, 5.74) is 21.9. The van der Waals surface area contributed by atoms with Crippen LogP contribution in [0.1, 0.15) is 25.0 Å². The van der Waals surface area contributed by atoms with Gasteiger partial charge >= 0.3 is 5.97 Å². The third-order valence-corrected chi connectivity index (χ3v) is 5.12. The summed E-state index contributed by atoms with van der Waals surface area (Å²) >= 11 is 4.04. The Labute approximate surface area is 211 Å². The summed E-state index contributed by atoms with van der Waals surface area (Å²) in [6.07, 6.45) is 2.61. The van der Waals surface area contributed by atoms with Crippen molar-refractivity contribution >= 4 is 48.2 Å². The van der Waals surface area contributed by atoms with Crippen molar-refractivity contribution in [3.8, 4) is 0 Å². The fraction of sp³-hybridized carbons (Fsp3) is 0.526. The standard InChI is InChI=1S/C19H32N10O6S/c20-10(2-1-3-25-19(22)23)15(31)29-13(7-36)17(33)27-11(5-14(21)30)16(32)28-12(18(34)35)4-9-6-24-8-26-9/h6,8,10-13,36H,1-5,7,20H2,(H2,21,30)(H,24,26)(H,27,33)(H,28,32)(H,29,31)(H,34,35)(H4,22,23,25). The van der Waals surface area contributed by atoms with Gasteiger partial charge in [-0.15, -0.1) is 0 Å². The molecule has 1 heterocycles. The molecule has 36 heavy (non-hydrogen) atoms. The molecule has 0 saturated carbocycles. The summed E-state index contributed by atoms with van der Waals surface area (Å²) in [4.78, 5) is 71.1. The van der Waals surface area contributed by atoms with Gasteiger partial charge in [-0.25, -0.2) is 9.78 Å². The molecule has 1 aromatic rings. The van der Waals surface area contributed by atoms with Gasteiger partial charge in [-0.2, -0.15) is 12.6 Å². The minimum atomic E-state index is -1.51. The summed E-state index contributed by atoms with van der Waals surface area (Å²) in [6.45, 7) is 0.265. The largest absolute Gasteiger partial charge is 0.480 e. The van der Waals surface area contributed by atoms with Gasteiger partial charge in [0.25, 0.3) is 0 Å². The van der Waals surface area contributed by atoms with Gasteiger partial charge in [-0.05, 0) is 12.8 Å². The van der Waals surface area contributed by atoms with Gasteiger partial charge in [0.05, 0.1) is 18.8 Å². The first-order valence-electron chi connectivity index (χ1n) is 10.8. The molecule has 16 nitrogen and oxygen atoms in total. The van der Waals surface area contributed by atoms with Crippen LogP contribution in [0.4, 0.5) is 0 Å². The minimum Gasteiger partial charge on any atom is -0.480 e. The fourth-order valence-corrected chi connectivity index (χ4v) is 3.15. The molecular weight excluding hydrogens is 496 g/mol. The first-order chi connectivity index (χ1) is 16.9. The predicted octanol–water partition coefficient (Wildman–Crippen LogP) is -4.32. The van der Waals surface area contributed by atoms with E-state index in [0.717, 1.165) is 0 Å². The second-order valence-electron chi connectivity index (χ2n) is 7.71. The van der Waals surface area contributed by atoms with Gasteiger partial charge in [0.2, 0.25) is 23.6 Å². The number of rotatable bonds is 16. The van der Waals surface area contributed by atoms with Crippen molar-refractivity contribution < 1.29 is 29.1 Å². The van der Waals surface area contributed by atoms with E-state index >= 15 is 0 Å². The van der Waals surface area contributed by atoms with Crippen LogP contribution in [0.15, 0.2) is 17.5 Å². The number of carbonyl (C=O) groups is 5. The van der Waals surface area contributed by atoms with Gasteiger partial charge in [0.1, 0.15) is 18.1 Å². The third-order valence-electron chi connectivity index (χ3n) is 4.75. The van der Waals surface area contributed by atoms with E-state index in [0.29, 0.717) is 12.1 Å². The van der Waals surface area contributed by atoms with E-state index in [4.69, 9.17) is 22.9 Å². The first kappa shape index (κ1) is 30.2.